The molecule has 0 unspecified atom stereocenters. The van der Waals surface area contributed by atoms with Gasteiger partial charge in [0.25, 0.3) is 11.8 Å². The fourth-order valence-corrected chi connectivity index (χ4v) is 5.77. The maximum absolute atomic E-state index is 13.9. The number of sulfonamides is 1. The van der Waals surface area contributed by atoms with Crippen molar-refractivity contribution in [2.75, 3.05) is 30.7 Å². The van der Waals surface area contributed by atoms with E-state index in [1.54, 1.807) is 0 Å². The molecule has 0 saturated heterocycles. The van der Waals surface area contributed by atoms with Gasteiger partial charge in [-0.05, 0) is 67.9 Å². The van der Waals surface area contributed by atoms with Gasteiger partial charge >= 0.3 is 0 Å². The van der Waals surface area contributed by atoms with Gasteiger partial charge in [0, 0.05) is 37.3 Å². The van der Waals surface area contributed by atoms with E-state index < -0.39 is 33.9 Å². The Morgan fingerprint density at radius 3 is 2.06 bits per heavy atom. The zero-order valence-electron chi connectivity index (χ0n) is 27.7. The van der Waals surface area contributed by atoms with E-state index >= 15 is 0 Å². The van der Waals surface area contributed by atoms with Crippen LogP contribution < -0.4 is 25.6 Å². The molecule has 4 rings (SSSR count). The molecule has 1 saturated carbocycles. The van der Waals surface area contributed by atoms with Crippen molar-refractivity contribution in [1.29, 1.82) is 0 Å². The van der Waals surface area contributed by atoms with Crippen LogP contribution in [-0.4, -0.2) is 64.6 Å². The molecular formula is C36H47N5O5S. The average molecular weight is 662 g/mol. The van der Waals surface area contributed by atoms with Crippen molar-refractivity contribution in [2.24, 2.45) is 5.92 Å². The van der Waals surface area contributed by atoms with Gasteiger partial charge in [-0.1, -0.05) is 74.0 Å². The van der Waals surface area contributed by atoms with E-state index in [4.69, 9.17) is 0 Å². The highest BCUT2D eigenvalue weighted by Crippen LogP contribution is 2.27. The van der Waals surface area contributed by atoms with Gasteiger partial charge in [0.1, 0.15) is 0 Å². The predicted molar refractivity (Wildman–Crippen MR) is 186 cm³/mol. The fourth-order valence-electron chi connectivity index (χ4n) is 5.28. The number of hydrogen-bond acceptors (Lipinski definition) is 6. The first-order valence-corrected chi connectivity index (χ1v) is 18.1. The van der Waals surface area contributed by atoms with Crippen LogP contribution in [0.1, 0.15) is 77.4 Å². The Balaban J connectivity index is 1.57. The fraction of sp³-hybridized carbons (Fsp3) is 0.417. The smallest absolute Gasteiger partial charge is 0.251 e. The van der Waals surface area contributed by atoms with Crippen molar-refractivity contribution in [2.45, 2.75) is 64.1 Å². The molecule has 0 spiro atoms. The highest BCUT2D eigenvalue weighted by atomic mass is 32.2. The third-order valence-electron chi connectivity index (χ3n) is 8.38. The van der Waals surface area contributed by atoms with Crippen molar-refractivity contribution in [1.82, 2.24) is 21.3 Å². The van der Waals surface area contributed by atoms with Crippen LogP contribution >= 0.6 is 0 Å². The summed E-state index contributed by atoms with van der Waals surface area (Å²) in [4.78, 5) is 40.3. The molecule has 1 aliphatic rings. The van der Waals surface area contributed by atoms with Crippen LogP contribution in [0, 0.1) is 5.92 Å². The molecule has 0 aromatic heterocycles. The van der Waals surface area contributed by atoms with Crippen LogP contribution in [0.15, 0.2) is 78.9 Å². The number of rotatable bonds is 17. The summed E-state index contributed by atoms with van der Waals surface area (Å²) in [5, 5.41) is 12.5. The lowest BCUT2D eigenvalue weighted by Gasteiger charge is -2.24. The summed E-state index contributed by atoms with van der Waals surface area (Å²) in [5.41, 5.74) is 2.39. The molecule has 3 aromatic rings. The highest BCUT2D eigenvalue weighted by molar-refractivity contribution is 7.92. The van der Waals surface area contributed by atoms with Crippen molar-refractivity contribution in [3.63, 3.8) is 0 Å². The first kappa shape index (κ1) is 35.6. The molecule has 3 aromatic carbocycles. The Morgan fingerprint density at radius 2 is 1.49 bits per heavy atom. The summed E-state index contributed by atoms with van der Waals surface area (Å²) in [6.07, 6.45) is 5.32. The quantitative estimate of drug-likeness (QED) is 0.171. The van der Waals surface area contributed by atoms with Gasteiger partial charge in [0.2, 0.25) is 15.9 Å². The van der Waals surface area contributed by atoms with E-state index in [1.165, 1.54) is 25.2 Å². The van der Waals surface area contributed by atoms with Crippen LogP contribution in [0.3, 0.4) is 0 Å². The molecule has 252 valence electrons. The second kappa shape index (κ2) is 16.6. The minimum atomic E-state index is -3.69. The third kappa shape index (κ3) is 10.9. The molecule has 0 radical (unpaired) electrons. The maximum Gasteiger partial charge on any atom is 0.251 e. The summed E-state index contributed by atoms with van der Waals surface area (Å²) in [6.45, 7) is 4.89. The molecular weight excluding hydrogens is 614 g/mol. The molecule has 0 heterocycles. The van der Waals surface area contributed by atoms with E-state index in [2.05, 4.69) is 21.3 Å². The molecule has 0 bridgehead atoms. The van der Waals surface area contributed by atoms with E-state index in [1.807, 2.05) is 74.5 Å². The molecule has 4 N–H and O–H groups in total. The monoisotopic (exact) mass is 661 g/mol. The van der Waals surface area contributed by atoms with Gasteiger partial charge in [-0.15, -0.1) is 0 Å². The van der Waals surface area contributed by atoms with Gasteiger partial charge in [-0.3, -0.25) is 18.7 Å². The van der Waals surface area contributed by atoms with Gasteiger partial charge in [-0.2, -0.15) is 0 Å². The summed E-state index contributed by atoms with van der Waals surface area (Å²) in [6, 6.07) is 22.5. The molecule has 11 heteroatoms. The lowest BCUT2D eigenvalue weighted by Crippen LogP contribution is -2.51. The van der Waals surface area contributed by atoms with Gasteiger partial charge in [0.15, 0.2) is 0 Å². The predicted octanol–water partition coefficient (Wildman–Crippen LogP) is 4.20. The highest BCUT2D eigenvalue weighted by Gasteiger charge is 2.26. The lowest BCUT2D eigenvalue weighted by atomic mass is 10.0. The molecule has 1 aliphatic carbocycles. The van der Waals surface area contributed by atoms with Crippen molar-refractivity contribution in [3.8, 4) is 0 Å². The van der Waals surface area contributed by atoms with Gasteiger partial charge in [0.05, 0.1) is 24.0 Å². The lowest BCUT2D eigenvalue weighted by molar-refractivity contribution is -0.123. The molecule has 1 fully saturated rings. The molecule has 47 heavy (non-hydrogen) atoms. The molecule has 10 nitrogen and oxygen atoms in total. The Bertz CT molecular complexity index is 1610. The molecule has 3 amide bonds. The number of anilines is 1. The van der Waals surface area contributed by atoms with Gasteiger partial charge < -0.3 is 21.3 Å². The first-order chi connectivity index (χ1) is 22.4. The number of carbonyl (C=O) groups excluding carboxylic acids is 3. The Kier molecular flexibility index (Phi) is 12.6. The normalized spacial score (nSPS) is 14.8. The average Bonchev–Trinajstić information content (AvgIpc) is 3.90. The van der Waals surface area contributed by atoms with Crippen LogP contribution in [0.2, 0.25) is 0 Å². The van der Waals surface area contributed by atoms with Crippen molar-refractivity contribution >= 4 is 33.4 Å². The number of nitrogens with zero attached hydrogens (tertiary/aromatic N) is 1. The Hall–Kier alpha value is -4.22. The zero-order valence-corrected chi connectivity index (χ0v) is 28.5. The largest absolute Gasteiger partial charge is 0.354 e. The number of hydrogen-bond donors (Lipinski definition) is 4. The topological polar surface area (TPSA) is 137 Å². The van der Waals surface area contributed by atoms with E-state index in [-0.39, 0.29) is 28.8 Å². The van der Waals surface area contributed by atoms with Crippen LogP contribution in [-0.2, 0) is 21.2 Å². The van der Waals surface area contributed by atoms with Crippen LogP contribution in [0.4, 0.5) is 5.69 Å². The number of amides is 3. The van der Waals surface area contributed by atoms with Crippen molar-refractivity contribution < 1.29 is 22.8 Å². The molecule has 0 aliphatic heterocycles. The molecule has 3 atom stereocenters. The second-order valence-electron chi connectivity index (χ2n) is 12.4. The van der Waals surface area contributed by atoms with Crippen LogP contribution in [0.25, 0.3) is 0 Å². The maximum atomic E-state index is 13.9. The van der Waals surface area contributed by atoms with E-state index in [0.717, 1.165) is 41.0 Å². The summed E-state index contributed by atoms with van der Waals surface area (Å²) >= 11 is 0. The Labute approximate surface area is 278 Å². The van der Waals surface area contributed by atoms with Crippen molar-refractivity contribution in [3.05, 3.63) is 101 Å². The van der Waals surface area contributed by atoms with E-state index in [9.17, 15) is 22.8 Å². The van der Waals surface area contributed by atoms with Crippen LogP contribution in [0.5, 0.6) is 0 Å². The first-order valence-electron chi connectivity index (χ1n) is 16.2. The Morgan fingerprint density at radius 1 is 0.894 bits per heavy atom. The minimum Gasteiger partial charge on any atom is -0.354 e. The van der Waals surface area contributed by atoms with E-state index in [0.29, 0.717) is 31.8 Å². The number of benzene rings is 3. The summed E-state index contributed by atoms with van der Waals surface area (Å²) in [5.74, 6) is -0.383. The van der Waals surface area contributed by atoms with Gasteiger partial charge in [-0.25, -0.2) is 8.42 Å². The SMILES string of the molecule is CCC[C@H](NC[C@H](Cc1ccccc1)NC(=O)c1cc(C(=O)N[C@H](C)c2ccccc2)cc(N(C)S(C)(=O)=O)c1)C(=O)NCC1CC1. The summed E-state index contributed by atoms with van der Waals surface area (Å²) < 4.78 is 26.0. The number of nitrogens with one attached hydrogen (secondary N) is 4. The summed E-state index contributed by atoms with van der Waals surface area (Å²) in [7, 11) is -2.31. The minimum absolute atomic E-state index is 0.0413. The zero-order chi connectivity index (χ0) is 34.0. The third-order valence-corrected chi connectivity index (χ3v) is 9.58. The number of carbonyl (C=O) groups is 3. The standard InChI is InChI=1S/C36H47N5O5S/c1-5-12-33(36(44)38-23-27-17-18-27)37-24-31(19-26-13-8-6-9-14-26)40-35(43)30-20-29(21-32(22-30)41(3)47(4,45)46)34(42)39-25(2)28-15-10-7-11-16-28/h6-11,13-16,20-22,25,27,31,33,37H,5,12,17-19,23-24H2,1-4H3,(H,38,44)(H,39,42)(H,40,43)/t25-,31+,33+/m1/s1. The second-order valence-corrected chi connectivity index (χ2v) is 14.4.